The van der Waals surface area contributed by atoms with Gasteiger partial charge in [-0.1, -0.05) is 18.2 Å². The topological polar surface area (TPSA) is 39.1 Å². The number of para-hydroxylation sites is 1. The summed E-state index contributed by atoms with van der Waals surface area (Å²) in [6.45, 7) is 8.14. The van der Waals surface area contributed by atoms with Crippen molar-refractivity contribution in [2.75, 3.05) is 6.54 Å². The molecule has 3 rings (SSSR count). The third-order valence-electron chi connectivity index (χ3n) is 3.74. The van der Waals surface area contributed by atoms with Crippen molar-refractivity contribution < 1.29 is 4.74 Å². The Balaban J connectivity index is 1.48. The minimum atomic E-state index is 0.0362. The number of ether oxygens (including phenoxy) is 1. The number of aromatic nitrogens is 2. The zero-order valence-electron chi connectivity index (χ0n) is 13.0. The Kier molecular flexibility index (Phi) is 3.72. The van der Waals surface area contributed by atoms with Crippen molar-refractivity contribution in [1.82, 2.24) is 15.1 Å². The molecule has 21 heavy (non-hydrogen) atoms. The van der Waals surface area contributed by atoms with Crippen molar-refractivity contribution in [2.45, 2.75) is 45.4 Å². The highest BCUT2D eigenvalue weighted by molar-refractivity contribution is 5.37. The van der Waals surface area contributed by atoms with Crippen LogP contribution in [0.3, 0.4) is 0 Å². The van der Waals surface area contributed by atoms with Crippen molar-refractivity contribution in [3.63, 3.8) is 0 Å². The number of rotatable bonds is 4. The molecule has 0 aliphatic carbocycles. The first kappa shape index (κ1) is 14.1. The largest absolute Gasteiger partial charge is 0.488 e. The van der Waals surface area contributed by atoms with E-state index in [4.69, 9.17) is 4.74 Å². The van der Waals surface area contributed by atoms with Crippen molar-refractivity contribution in [3.8, 4) is 5.75 Å². The van der Waals surface area contributed by atoms with Crippen LogP contribution in [0.5, 0.6) is 5.75 Å². The van der Waals surface area contributed by atoms with Gasteiger partial charge in [0.2, 0.25) is 0 Å². The lowest BCUT2D eigenvalue weighted by Crippen LogP contribution is -2.29. The Morgan fingerprint density at radius 3 is 2.86 bits per heavy atom. The molecule has 1 aliphatic heterocycles. The lowest BCUT2D eigenvalue weighted by molar-refractivity contribution is 0.227. The van der Waals surface area contributed by atoms with Crippen LogP contribution in [0.15, 0.2) is 36.7 Å². The molecule has 1 N–H and O–H groups in total. The standard InChI is InChI=1S/C17H23N3O/c1-17(2,3)20-12-13(10-19-20)9-18-11-15-8-14-6-4-5-7-16(14)21-15/h4-7,10,12,15,18H,8-9,11H2,1-3H3. The van der Waals surface area contributed by atoms with Crippen LogP contribution >= 0.6 is 0 Å². The van der Waals surface area contributed by atoms with Crippen LogP contribution in [0.4, 0.5) is 0 Å². The van der Waals surface area contributed by atoms with Crippen molar-refractivity contribution in [3.05, 3.63) is 47.8 Å². The van der Waals surface area contributed by atoms with Crippen LogP contribution in [0.2, 0.25) is 0 Å². The number of hydrogen-bond acceptors (Lipinski definition) is 3. The molecular weight excluding hydrogens is 262 g/mol. The average Bonchev–Trinajstić information content (AvgIpc) is 3.03. The maximum atomic E-state index is 5.92. The molecule has 0 spiro atoms. The summed E-state index contributed by atoms with van der Waals surface area (Å²) in [4.78, 5) is 0. The van der Waals surface area contributed by atoms with Crippen molar-refractivity contribution >= 4 is 0 Å². The molecule has 2 heterocycles. The van der Waals surface area contributed by atoms with Crippen LogP contribution < -0.4 is 10.1 Å². The molecule has 1 unspecified atom stereocenters. The highest BCUT2D eigenvalue weighted by atomic mass is 16.5. The first-order valence-electron chi connectivity index (χ1n) is 7.52. The molecule has 0 saturated carbocycles. The summed E-state index contributed by atoms with van der Waals surface area (Å²) < 4.78 is 7.93. The Morgan fingerprint density at radius 2 is 2.14 bits per heavy atom. The predicted octanol–water partition coefficient (Wildman–Crippen LogP) is 2.73. The number of nitrogens with one attached hydrogen (secondary N) is 1. The summed E-state index contributed by atoms with van der Waals surface area (Å²) in [7, 11) is 0. The van der Waals surface area contributed by atoms with Crippen LogP contribution in [-0.2, 0) is 18.5 Å². The van der Waals surface area contributed by atoms with E-state index in [1.54, 1.807) is 0 Å². The molecule has 1 aromatic heterocycles. The summed E-state index contributed by atoms with van der Waals surface area (Å²) in [5.41, 5.74) is 2.55. The predicted molar refractivity (Wildman–Crippen MR) is 83.5 cm³/mol. The third kappa shape index (κ3) is 3.27. The first-order valence-corrected chi connectivity index (χ1v) is 7.52. The molecule has 4 heteroatoms. The van der Waals surface area contributed by atoms with Gasteiger partial charge in [0.05, 0.1) is 11.7 Å². The van der Waals surface area contributed by atoms with Gasteiger partial charge in [-0.3, -0.25) is 4.68 Å². The van der Waals surface area contributed by atoms with Crippen LogP contribution in [-0.4, -0.2) is 22.4 Å². The quantitative estimate of drug-likeness (QED) is 0.939. The average molecular weight is 285 g/mol. The molecule has 0 saturated heterocycles. The minimum Gasteiger partial charge on any atom is -0.488 e. The van der Waals surface area contributed by atoms with Gasteiger partial charge >= 0.3 is 0 Å². The van der Waals surface area contributed by atoms with E-state index in [-0.39, 0.29) is 11.6 Å². The van der Waals surface area contributed by atoms with Crippen LogP contribution in [0.25, 0.3) is 0 Å². The second kappa shape index (κ2) is 5.53. The van der Waals surface area contributed by atoms with E-state index < -0.39 is 0 Å². The second-order valence-corrected chi connectivity index (χ2v) is 6.65. The van der Waals surface area contributed by atoms with Gasteiger partial charge in [0.25, 0.3) is 0 Å². The van der Waals surface area contributed by atoms with Crippen LogP contribution in [0.1, 0.15) is 31.9 Å². The molecule has 112 valence electrons. The Morgan fingerprint density at radius 1 is 1.33 bits per heavy atom. The molecule has 2 aromatic rings. The number of benzene rings is 1. The van der Waals surface area contributed by atoms with Gasteiger partial charge in [0.15, 0.2) is 0 Å². The molecule has 1 atom stereocenters. The van der Waals surface area contributed by atoms with Crippen molar-refractivity contribution in [2.24, 2.45) is 0 Å². The normalized spacial score (nSPS) is 17.6. The number of fused-ring (bicyclic) bond motifs is 1. The van der Waals surface area contributed by atoms with E-state index in [9.17, 15) is 0 Å². The van der Waals surface area contributed by atoms with E-state index >= 15 is 0 Å². The highest BCUT2D eigenvalue weighted by Gasteiger charge is 2.21. The van der Waals surface area contributed by atoms with Gasteiger partial charge in [-0.15, -0.1) is 0 Å². The zero-order valence-corrected chi connectivity index (χ0v) is 13.0. The summed E-state index contributed by atoms with van der Waals surface area (Å²) in [6, 6.07) is 8.28. The maximum Gasteiger partial charge on any atom is 0.123 e. The van der Waals surface area contributed by atoms with Gasteiger partial charge in [0.1, 0.15) is 11.9 Å². The Bertz CT molecular complexity index is 587. The summed E-state index contributed by atoms with van der Waals surface area (Å²) in [5, 5.41) is 7.88. The van der Waals surface area contributed by atoms with Gasteiger partial charge in [0, 0.05) is 31.3 Å². The monoisotopic (exact) mass is 285 g/mol. The fourth-order valence-corrected chi connectivity index (χ4v) is 2.56. The SMILES string of the molecule is CC(C)(C)n1cc(CNCC2Cc3ccccc3O2)cn1. The van der Waals surface area contributed by atoms with Gasteiger partial charge in [-0.05, 0) is 32.4 Å². The smallest absolute Gasteiger partial charge is 0.123 e. The Hall–Kier alpha value is -1.81. The van der Waals surface area contributed by atoms with Crippen molar-refractivity contribution in [1.29, 1.82) is 0 Å². The molecular formula is C17H23N3O. The lowest BCUT2D eigenvalue weighted by Gasteiger charge is -2.18. The van der Waals surface area contributed by atoms with E-state index in [2.05, 4.69) is 49.5 Å². The molecule has 0 fully saturated rings. The molecule has 0 bridgehead atoms. The molecule has 0 radical (unpaired) electrons. The maximum absolute atomic E-state index is 5.92. The number of nitrogens with zero attached hydrogens (tertiary/aromatic N) is 2. The molecule has 1 aliphatic rings. The van der Waals surface area contributed by atoms with Gasteiger partial charge < -0.3 is 10.1 Å². The summed E-state index contributed by atoms with van der Waals surface area (Å²) in [6.07, 6.45) is 5.27. The molecule has 4 nitrogen and oxygen atoms in total. The van der Waals surface area contributed by atoms with E-state index in [1.807, 2.05) is 23.0 Å². The van der Waals surface area contributed by atoms with E-state index in [0.717, 1.165) is 25.3 Å². The Labute approximate surface area is 126 Å². The van der Waals surface area contributed by atoms with Crippen LogP contribution in [0, 0.1) is 0 Å². The lowest BCUT2D eigenvalue weighted by atomic mass is 10.1. The first-order chi connectivity index (χ1) is 10.0. The third-order valence-corrected chi connectivity index (χ3v) is 3.74. The highest BCUT2D eigenvalue weighted by Crippen LogP contribution is 2.27. The minimum absolute atomic E-state index is 0.0362. The fourth-order valence-electron chi connectivity index (χ4n) is 2.56. The molecule has 1 aromatic carbocycles. The molecule has 0 amide bonds. The zero-order chi connectivity index (χ0) is 14.9. The van der Waals surface area contributed by atoms with Gasteiger partial charge in [-0.25, -0.2) is 0 Å². The number of hydrogen-bond donors (Lipinski definition) is 1. The fraction of sp³-hybridized carbons (Fsp3) is 0.471. The van der Waals surface area contributed by atoms with E-state index in [1.165, 1.54) is 11.1 Å². The second-order valence-electron chi connectivity index (χ2n) is 6.65. The summed E-state index contributed by atoms with van der Waals surface area (Å²) >= 11 is 0. The van der Waals surface area contributed by atoms with E-state index in [0.29, 0.717) is 0 Å². The van der Waals surface area contributed by atoms with Gasteiger partial charge in [-0.2, -0.15) is 5.10 Å². The summed E-state index contributed by atoms with van der Waals surface area (Å²) in [5.74, 6) is 1.03.